The average molecular weight is 189 g/mol. The molecule has 10 heavy (non-hydrogen) atoms. The van der Waals surface area contributed by atoms with Crippen LogP contribution in [0.5, 0.6) is 0 Å². The maximum absolute atomic E-state index is 9.44. The molecule has 0 aliphatic heterocycles. The molecule has 0 aliphatic carbocycles. The molecule has 0 aromatic carbocycles. The van der Waals surface area contributed by atoms with E-state index in [0.717, 1.165) is 7.11 Å². The van der Waals surface area contributed by atoms with Crippen LogP contribution in [-0.2, 0) is 4.79 Å². The molecule has 0 atom stereocenters. The van der Waals surface area contributed by atoms with Crippen molar-refractivity contribution in [2.45, 2.75) is 13.8 Å². The van der Waals surface area contributed by atoms with E-state index in [1.165, 1.54) is 13.8 Å². The molecule has 0 rings (SSSR count). The van der Waals surface area contributed by atoms with Gasteiger partial charge in [0.1, 0.15) is 5.78 Å². The highest BCUT2D eigenvalue weighted by atomic mass is 35.5. The second-order valence-corrected chi connectivity index (χ2v) is 2.04. The Morgan fingerprint density at radius 1 is 1.20 bits per heavy atom. The van der Waals surface area contributed by atoms with Crippen molar-refractivity contribution in [2.24, 2.45) is 0 Å². The number of carbonyl (C=O) groups excluding carboxylic acids is 1. The van der Waals surface area contributed by atoms with E-state index in [1.807, 2.05) is 0 Å². The number of ketones is 1. The Morgan fingerprint density at radius 3 is 1.30 bits per heavy atom. The molecule has 0 amide bonds. The highest BCUT2D eigenvalue weighted by Crippen LogP contribution is 1.75. The van der Waals surface area contributed by atoms with Crippen LogP contribution in [0.4, 0.5) is 0 Å². The van der Waals surface area contributed by atoms with Crippen molar-refractivity contribution in [3.8, 4) is 0 Å². The molecule has 1 N–H and O–H groups in total. The van der Waals surface area contributed by atoms with E-state index in [1.54, 1.807) is 0 Å². The van der Waals surface area contributed by atoms with E-state index < -0.39 is 0 Å². The molecule has 4 heteroatoms. The van der Waals surface area contributed by atoms with Crippen LogP contribution in [-0.4, -0.2) is 29.8 Å². The second-order valence-electron chi connectivity index (χ2n) is 1.29. The summed E-state index contributed by atoms with van der Waals surface area (Å²) in [6, 6.07) is 0. The quantitative estimate of drug-likeness (QED) is 0.637. The highest BCUT2D eigenvalue weighted by molar-refractivity contribution is 6.25. The number of halogens is 2. The van der Waals surface area contributed by atoms with Crippen LogP contribution >= 0.6 is 23.2 Å². The molecule has 0 aromatic heterocycles. The van der Waals surface area contributed by atoms with E-state index >= 15 is 0 Å². The van der Waals surface area contributed by atoms with Crippen LogP contribution in [0.1, 0.15) is 13.8 Å². The molecule has 0 fully saturated rings. The van der Waals surface area contributed by atoms with E-state index in [0.29, 0.717) is 11.8 Å². The normalized spacial score (nSPS) is 6.20. The number of alkyl halides is 2. The summed E-state index contributed by atoms with van der Waals surface area (Å²) in [7, 11) is 1.00. The molecule has 0 saturated heterocycles. The van der Waals surface area contributed by atoms with Crippen LogP contribution in [0, 0.1) is 0 Å². The van der Waals surface area contributed by atoms with Gasteiger partial charge in [0, 0.05) is 18.9 Å². The van der Waals surface area contributed by atoms with Gasteiger partial charge >= 0.3 is 0 Å². The molecular weight excluding hydrogens is 175 g/mol. The first-order valence-corrected chi connectivity index (χ1v) is 3.75. The zero-order valence-corrected chi connectivity index (χ0v) is 8.04. The number of aliphatic hydroxyl groups is 1. The monoisotopic (exact) mass is 188 g/mol. The Morgan fingerprint density at radius 2 is 1.30 bits per heavy atom. The van der Waals surface area contributed by atoms with Gasteiger partial charge in [-0.3, -0.25) is 0 Å². The predicted molar refractivity (Wildman–Crippen MR) is 45.9 cm³/mol. The lowest BCUT2D eigenvalue weighted by atomic mass is 10.6. The van der Waals surface area contributed by atoms with Gasteiger partial charge in [0.25, 0.3) is 0 Å². The molecule has 0 aliphatic rings. The number of rotatable bonds is 1. The van der Waals surface area contributed by atoms with Crippen molar-refractivity contribution < 1.29 is 9.90 Å². The molecule has 0 saturated carbocycles. The lowest BCUT2D eigenvalue weighted by Crippen LogP contribution is -1.69. The minimum Gasteiger partial charge on any atom is -0.400 e. The molecule has 0 spiro atoms. The predicted octanol–water partition coefficient (Wildman–Crippen LogP) is 1.67. The van der Waals surface area contributed by atoms with Gasteiger partial charge in [0.05, 0.1) is 0 Å². The Hall–Kier alpha value is 0.210. The van der Waals surface area contributed by atoms with Crippen molar-refractivity contribution in [3.63, 3.8) is 0 Å². The summed E-state index contributed by atoms with van der Waals surface area (Å²) >= 11 is 10.1. The van der Waals surface area contributed by atoms with Crippen molar-refractivity contribution in [3.05, 3.63) is 0 Å². The van der Waals surface area contributed by atoms with Gasteiger partial charge in [0.2, 0.25) is 0 Å². The lowest BCUT2D eigenvalue weighted by Gasteiger charge is -1.63. The first kappa shape index (κ1) is 16.7. The molecule has 0 heterocycles. The maximum Gasteiger partial charge on any atom is 0.126 e. The van der Waals surface area contributed by atoms with Gasteiger partial charge in [-0.1, -0.05) is 0 Å². The topological polar surface area (TPSA) is 37.3 Å². The summed E-state index contributed by atoms with van der Waals surface area (Å²) in [5, 5.41) is 7.00. The molecule has 0 unspecified atom stereocenters. The standard InChI is InChI=1S/C3H6O.C2H4Cl2.CH4O/c1-3(2)4;3-1-2-4;1-2/h1-2H3;1-2H2;2H,1H3. The lowest BCUT2D eigenvalue weighted by molar-refractivity contribution is -0.114. The van der Waals surface area contributed by atoms with Crippen molar-refractivity contribution in [2.75, 3.05) is 18.9 Å². The van der Waals surface area contributed by atoms with E-state index in [4.69, 9.17) is 28.3 Å². The highest BCUT2D eigenvalue weighted by Gasteiger charge is 1.62. The Balaban J connectivity index is -0.0000000787. The van der Waals surface area contributed by atoms with Crippen molar-refractivity contribution in [1.29, 1.82) is 0 Å². The SMILES string of the molecule is CC(C)=O.CO.ClCCCl. The zero-order valence-electron chi connectivity index (χ0n) is 6.53. The second kappa shape index (κ2) is 22.9. The van der Waals surface area contributed by atoms with Gasteiger partial charge in [-0.05, 0) is 13.8 Å². The van der Waals surface area contributed by atoms with E-state index in [9.17, 15) is 4.79 Å². The third-order valence-electron chi connectivity index (χ3n) is 0.0714. The number of Topliss-reactive ketones (excluding diaryl/α,β-unsaturated/α-hetero) is 1. The summed E-state index contributed by atoms with van der Waals surface area (Å²) < 4.78 is 0. The summed E-state index contributed by atoms with van der Waals surface area (Å²) in [6.07, 6.45) is 0. The van der Waals surface area contributed by atoms with Crippen LogP contribution in [0.25, 0.3) is 0 Å². The Labute approximate surface area is 72.1 Å². The summed E-state index contributed by atoms with van der Waals surface area (Å²) in [5.41, 5.74) is 0. The number of carbonyl (C=O) groups is 1. The Bertz CT molecular complexity index is 51.7. The smallest absolute Gasteiger partial charge is 0.126 e. The van der Waals surface area contributed by atoms with E-state index in [2.05, 4.69) is 0 Å². The number of hydrogen-bond donors (Lipinski definition) is 1. The first-order chi connectivity index (χ1) is 4.65. The third-order valence-corrected chi connectivity index (χ3v) is 0.643. The van der Waals surface area contributed by atoms with Gasteiger partial charge in [0.15, 0.2) is 0 Å². The molecule has 0 bridgehead atoms. The van der Waals surface area contributed by atoms with Gasteiger partial charge in [-0.25, -0.2) is 0 Å². The molecule has 0 aromatic rings. The maximum atomic E-state index is 9.44. The van der Waals surface area contributed by atoms with Gasteiger partial charge in [-0.2, -0.15) is 0 Å². The molecule has 2 nitrogen and oxygen atoms in total. The van der Waals surface area contributed by atoms with Crippen LogP contribution in [0.15, 0.2) is 0 Å². The Kier molecular flexibility index (Phi) is 38.1. The largest absolute Gasteiger partial charge is 0.400 e. The van der Waals surface area contributed by atoms with Gasteiger partial charge < -0.3 is 9.90 Å². The zero-order chi connectivity index (χ0) is 8.99. The fourth-order valence-electron chi connectivity index (χ4n) is 0. The molecular formula is C6H14Cl2O2. The van der Waals surface area contributed by atoms with Crippen LogP contribution in [0.3, 0.4) is 0 Å². The van der Waals surface area contributed by atoms with Crippen LogP contribution in [0.2, 0.25) is 0 Å². The van der Waals surface area contributed by atoms with Gasteiger partial charge in [-0.15, -0.1) is 23.2 Å². The summed E-state index contributed by atoms with van der Waals surface area (Å²) in [5.74, 6) is 1.28. The number of hydrogen-bond acceptors (Lipinski definition) is 2. The average Bonchev–Trinajstić information content (AvgIpc) is 1.91. The summed E-state index contributed by atoms with van der Waals surface area (Å²) in [6.45, 7) is 3.06. The minimum atomic E-state index is 0.167. The van der Waals surface area contributed by atoms with Crippen molar-refractivity contribution in [1.82, 2.24) is 0 Å². The fourth-order valence-corrected chi connectivity index (χ4v) is 0. The molecule has 0 radical (unpaired) electrons. The summed E-state index contributed by atoms with van der Waals surface area (Å²) in [4.78, 5) is 9.44. The van der Waals surface area contributed by atoms with Crippen LogP contribution < -0.4 is 0 Å². The fraction of sp³-hybridized carbons (Fsp3) is 0.833. The van der Waals surface area contributed by atoms with Crippen molar-refractivity contribution >= 4 is 29.0 Å². The minimum absolute atomic E-state index is 0.167. The molecule has 64 valence electrons. The number of aliphatic hydroxyl groups excluding tert-OH is 1. The third kappa shape index (κ3) is 292. The van der Waals surface area contributed by atoms with E-state index in [-0.39, 0.29) is 5.78 Å². The first-order valence-electron chi connectivity index (χ1n) is 2.69.